The fourth-order valence-corrected chi connectivity index (χ4v) is 12.3. The fraction of sp³-hybridized carbons (Fsp3) is 1.00. The van der Waals surface area contributed by atoms with Crippen molar-refractivity contribution in [3.63, 3.8) is 0 Å². The maximum atomic E-state index is 15.5. The normalized spacial score (nSPS) is 35.4. The molecule has 4 unspecified atom stereocenters. The molecule has 2 aliphatic rings. The molecule has 0 heterocycles. The maximum Gasteiger partial charge on any atom is 0.131 e. The lowest BCUT2D eigenvalue weighted by Gasteiger charge is -2.62. The number of rotatable bonds is 16. The van der Waals surface area contributed by atoms with E-state index in [1.54, 1.807) is 0 Å². The zero-order valence-electron chi connectivity index (χ0n) is 24.4. The molecule has 4 atom stereocenters. The van der Waals surface area contributed by atoms with Gasteiger partial charge in [0.25, 0.3) is 0 Å². The lowest BCUT2D eigenvalue weighted by atomic mass is 9.60. The predicted molar refractivity (Wildman–Crippen MR) is 154 cm³/mol. The SMILES string of the molecule is CCCCCCC1(CC)CCCCC1(CC)[S+]([O-])C1(CC)CCCCC1(CC)CCCCCC. The number of unbranched alkanes of at least 4 members (excludes halogenated alkanes) is 6. The second kappa shape index (κ2) is 14.3. The molecule has 0 amide bonds. The second-order valence-electron chi connectivity index (χ2n) is 12.3. The molecule has 0 saturated heterocycles. The first-order valence-electron chi connectivity index (χ1n) is 15.9. The van der Waals surface area contributed by atoms with Crippen LogP contribution in [0.15, 0.2) is 0 Å². The summed E-state index contributed by atoms with van der Waals surface area (Å²) in [6, 6.07) is 0. The highest BCUT2D eigenvalue weighted by molar-refractivity contribution is 7.94. The van der Waals surface area contributed by atoms with Gasteiger partial charge in [-0.05, 0) is 88.2 Å². The lowest BCUT2D eigenvalue weighted by molar-refractivity contribution is 0.0629. The van der Waals surface area contributed by atoms with E-state index in [1.807, 2.05) is 0 Å². The average molecular weight is 495 g/mol. The van der Waals surface area contributed by atoms with Crippen molar-refractivity contribution >= 4 is 11.2 Å². The molecule has 0 N–H and O–H groups in total. The zero-order chi connectivity index (χ0) is 25.1. The molecule has 2 heteroatoms. The third kappa shape index (κ3) is 5.74. The van der Waals surface area contributed by atoms with Crippen LogP contribution in [0.25, 0.3) is 0 Å². The molecule has 0 aromatic rings. The highest BCUT2D eigenvalue weighted by Crippen LogP contribution is 2.64. The summed E-state index contributed by atoms with van der Waals surface area (Å²) in [4.78, 5) is 0. The fourth-order valence-electron chi connectivity index (χ4n) is 8.89. The van der Waals surface area contributed by atoms with Gasteiger partial charge in [-0.2, -0.15) is 0 Å². The van der Waals surface area contributed by atoms with Crippen LogP contribution in [0.4, 0.5) is 0 Å². The van der Waals surface area contributed by atoms with Gasteiger partial charge in [-0.1, -0.05) is 106 Å². The Bertz CT molecular complexity index is 515. The van der Waals surface area contributed by atoms with Crippen LogP contribution >= 0.6 is 0 Å². The third-order valence-electron chi connectivity index (χ3n) is 11.1. The summed E-state index contributed by atoms with van der Waals surface area (Å²) in [6.07, 6.45) is 28.5. The Balaban J connectivity index is 2.48. The minimum atomic E-state index is -0.763. The van der Waals surface area contributed by atoms with Gasteiger partial charge in [-0.3, -0.25) is 0 Å². The molecule has 0 spiro atoms. The second-order valence-corrected chi connectivity index (χ2v) is 14.4. The third-order valence-corrected chi connectivity index (χ3v) is 14.4. The topological polar surface area (TPSA) is 23.1 Å². The molecular formula is C32H62OS. The highest BCUT2D eigenvalue weighted by atomic mass is 32.2. The quantitative estimate of drug-likeness (QED) is 0.154. The summed E-state index contributed by atoms with van der Waals surface area (Å²) in [5.41, 5.74) is 0.583. The number of hydrogen-bond acceptors (Lipinski definition) is 1. The van der Waals surface area contributed by atoms with Crippen molar-refractivity contribution in [3.8, 4) is 0 Å². The molecule has 0 radical (unpaired) electrons. The molecule has 2 fully saturated rings. The lowest BCUT2D eigenvalue weighted by Crippen LogP contribution is -2.66. The molecule has 2 aliphatic carbocycles. The van der Waals surface area contributed by atoms with Crippen LogP contribution < -0.4 is 0 Å². The first-order chi connectivity index (χ1) is 16.4. The molecule has 0 aliphatic heterocycles. The van der Waals surface area contributed by atoms with Crippen LogP contribution in [0.1, 0.15) is 183 Å². The summed E-state index contributed by atoms with van der Waals surface area (Å²) in [5, 5.41) is 0. The van der Waals surface area contributed by atoms with Gasteiger partial charge in [0.05, 0.1) is 0 Å². The van der Waals surface area contributed by atoms with E-state index < -0.39 is 11.2 Å². The molecular weight excluding hydrogens is 432 g/mol. The summed E-state index contributed by atoms with van der Waals surface area (Å²) in [6.45, 7) is 14.4. The molecule has 0 bridgehead atoms. The van der Waals surface area contributed by atoms with E-state index in [0.29, 0.717) is 10.8 Å². The highest BCUT2D eigenvalue weighted by Gasteiger charge is 2.67. The van der Waals surface area contributed by atoms with Gasteiger partial charge in [-0.25, -0.2) is 0 Å². The summed E-state index contributed by atoms with van der Waals surface area (Å²) >= 11 is -0.763. The predicted octanol–water partition coefficient (Wildman–Crippen LogP) is 10.9. The molecule has 2 rings (SSSR count). The molecule has 1 nitrogen and oxygen atoms in total. The Kier molecular flexibility index (Phi) is 12.8. The van der Waals surface area contributed by atoms with Crippen molar-refractivity contribution in [2.75, 3.05) is 0 Å². The standard InChI is InChI=1S/C32H62OS/c1-7-13-15-17-23-29(9-3)25-19-21-27-31(29,11-5)34(33)32(12-6)28-22-20-26-30(32,10-4)24-18-16-14-8-2/h7-28H2,1-6H3. The van der Waals surface area contributed by atoms with Crippen molar-refractivity contribution in [3.05, 3.63) is 0 Å². The van der Waals surface area contributed by atoms with Crippen LogP contribution in [0.5, 0.6) is 0 Å². The zero-order valence-corrected chi connectivity index (χ0v) is 25.2. The Morgan fingerprint density at radius 3 is 1.21 bits per heavy atom. The van der Waals surface area contributed by atoms with Crippen molar-refractivity contribution in [2.45, 2.75) is 192 Å². The van der Waals surface area contributed by atoms with Crippen LogP contribution in [0.2, 0.25) is 0 Å². The van der Waals surface area contributed by atoms with Gasteiger partial charge in [-0.15, -0.1) is 0 Å². The van der Waals surface area contributed by atoms with E-state index in [4.69, 9.17) is 0 Å². The first kappa shape index (κ1) is 30.5. The smallest absolute Gasteiger partial charge is 0.131 e. The minimum Gasteiger partial charge on any atom is -0.615 e. The van der Waals surface area contributed by atoms with E-state index in [1.165, 1.54) is 128 Å². The van der Waals surface area contributed by atoms with Crippen LogP contribution in [-0.2, 0) is 11.2 Å². The Morgan fingerprint density at radius 2 is 0.882 bits per heavy atom. The van der Waals surface area contributed by atoms with E-state index in [9.17, 15) is 0 Å². The van der Waals surface area contributed by atoms with Gasteiger partial charge < -0.3 is 4.55 Å². The van der Waals surface area contributed by atoms with E-state index >= 15 is 4.55 Å². The van der Waals surface area contributed by atoms with Gasteiger partial charge in [0.15, 0.2) is 0 Å². The van der Waals surface area contributed by atoms with Gasteiger partial charge >= 0.3 is 0 Å². The van der Waals surface area contributed by atoms with Crippen LogP contribution in [0, 0.1) is 10.8 Å². The van der Waals surface area contributed by atoms with Gasteiger partial charge in [0.1, 0.15) is 9.49 Å². The molecule has 34 heavy (non-hydrogen) atoms. The van der Waals surface area contributed by atoms with Crippen molar-refractivity contribution in [2.24, 2.45) is 10.8 Å². The van der Waals surface area contributed by atoms with Crippen molar-refractivity contribution < 1.29 is 4.55 Å². The van der Waals surface area contributed by atoms with E-state index in [2.05, 4.69) is 41.5 Å². The monoisotopic (exact) mass is 494 g/mol. The molecule has 202 valence electrons. The Labute approximate surface area is 218 Å². The van der Waals surface area contributed by atoms with Crippen molar-refractivity contribution in [1.82, 2.24) is 0 Å². The van der Waals surface area contributed by atoms with E-state index in [-0.39, 0.29) is 9.49 Å². The molecule has 0 aromatic carbocycles. The van der Waals surface area contributed by atoms with Crippen molar-refractivity contribution in [1.29, 1.82) is 0 Å². The van der Waals surface area contributed by atoms with Crippen LogP contribution in [0.3, 0.4) is 0 Å². The first-order valence-corrected chi connectivity index (χ1v) is 17.0. The molecule has 0 aromatic heterocycles. The minimum absolute atomic E-state index is 0.0312. The maximum absolute atomic E-state index is 15.5. The van der Waals surface area contributed by atoms with Gasteiger partial charge in [0.2, 0.25) is 0 Å². The largest absolute Gasteiger partial charge is 0.615 e. The summed E-state index contributed by atoms with van der Waals surface area (Å²) in [5.74, 6) is 0. The average Bonchev–Trinajstić information content (AvgIpc) is 2.89. The van der Waals surface area contributed by atoms with Gasteiger partial charge in [0, 0.05) is 10.8 Å². The van der Waals surface area contributed by atoms with E-state index in [0.717, 1.165) is 12.8 Å². The summed E-state index contributed by atoms with van der Waals surface area (Å²) < 4.78 is 15.6. The Hall–Kier alpha value is 0.310. The Morgan fingerprint density at radius 1 is 0.500 bits per heavy atom. The number of hydrogen-bond donors (Lipinski definition) is 0. The summed E-state index contributed by atoms with van der Waals surface area (Å²) in [7, 11) is 0. The molecule has 2 saturated carbocycles. The van der Waals surface area contributed by atoms with Crippen LogP contribution in [-0.4, -0.2) is 14.0 Å².